The van der Waals surface area contributed by atoms with E-state index >= 15 is 0 Å². The number of carbonyl (C=O) groups is 1. The number of nitrogens with one attached hydrogen (secondary N) is 1. The maximum atomic E-state index is 12.7. The van der Waals surface area contributed by atoms with E-state index in [1.165, 1.54) is 6.08 Å². The first-order valence-corrected chi connectivity index (χ1v) is 11.5. The zero-order valence-corrected chi connectivity index (χ0v) is 20.4. The lowest BCUT2D eigenvalue weighted by Gasteiger charge is -2.14. The molecule has 0 saturated heterocycles. The molecule has 0 aliphatic rings. The summed E-state index contributed by atoms with van der Waals surface area (Å²) in [4.78, 5) is 12.7. The van der Waals surface area contributed by atoms with E-state index in [0.717, 1.165) is 17.5 Å². The van der Waals surface area contributed by atoms with Crippen molar-refractivity contribution in [2.24, 2.45) is 0 Å². The zero-order chi connectivity index (χ0) is 24.5. The number of hydrogen-bond acceptors (Lipinski definition) is 4. The molecule has 0 heterocycles. The van der Waals surface area contributed by atoms with Crippen LogP contribution in [-0.2, 0) is 17.8 Å². The molecule has 1 N–H and O–H groups in total. The van der Waals surface area contributed by atoms with Crippen LogP contribution in [0.15, 0.2) is 66.2 Å². The molecule has 0 radical (unpaired) electrons. The van der Waals surface area contributed by atoms with Gasteiger partial charge in [0.25, 0.3) is 5.91 Å². The molecule has 174 valence electrons. The highest BCUT2D eigenvalue weighted by Crippen LogP contribution is 2.31. The van der Waals surface area contributed by atoms with E-state index in [2.05, 4.69) is 5.32 Å². The van der Waals surface area contributed by atoms with Gasteiger partial charge in [-0.05, 0) is 60.9 Å². The van der Waals surface area contributed by atoms with Gasteiger partial charge >= 0.3 is 0 Å². The van der Waals surface area contributed by atoms with Crippen LogP contribution in [0.4, 0.5) is 5.69 Å². The number of carbonyl (C=O) groups excluding carboxylic acids is 1. The minimum atomic E-state index is -0.473. The van der Waals surface area contributed by atoms with Gasteiger partial charge in [0.15, 0.2) is 11.5 Å². The minimum Gasteiger partial charge on any atom is -0.490 e. The predicted molar refractivity (Wildman–Crippen MR) is 136 cm³/mol. The maximum absolute atomic E-state index is 12.7. The Bertz CT molecular complexity index is 1250. The first-order valence-electron chi connectivity index (χ1n) is 10.8. The van der Waals surface area contributed by atoms with Gasteiger partial charge in [-0.1, -0.05) is 60.5 Å². The molecule has 0 saturated carbocycles. The second-order valence-electron chi connectivity index (χ2n) is 7.30. The molecule has 0 atom stereocenters. The molecule has 34 heavy (non-hydrogen) atoms. The summed E-state index contributed by atoms with van der Waals surface area (Å²) in [6.45, 7) is 4.52. The minimum absolute atomic E-state index is 0.0185. The van der Waals surface area contributed by atoms with Gasteiger partial charge < -0.3 is 14.8 Å². The number of nitrogens with zero attached hydrogens (tertiary/aromatic N) is 1. The van der Waals surface area contributed by atoms with E-state index in [1.54, 1.807) is 36.4 Å². The largest absolute Gasteiger partial charge is 0.490 e. The van der Waals surface area contributed by atoms with Gasteiger partial charge in [-0.3, -0.25) is 4.79 Å². The van der Waals surface area contributed by atoms with E-state index < -0.39 is 5.91 Å². The third-order valence-corrected chi connectivity index (χ3v) is 5.58. The molecule has 3 rings (SSSR count). The van der Waals surface area contributed by atoms with Gasteiger partial charge in [0.05, 0.1) is 6.61 Å². The van der Waals surface area contributed by atoms with Crippen molar-refractivity contribution in [3.8, 4) is 17.6 Å². The summed E-state index contributed by atoms with van der Waals surface area (Å²) in [6.07, 6.45) is 2.29. The Balaban J connectivity index is 1.80. The quantitative estimate of drug-likeness (QED) is 0.254. The fraction of sp³-hybridized carbons (Fsp3) is 0.185. The number of para-hydroxylation sites is 1. The number of nitriles is 1. The number of anilines is 1. The molecule has 0 aliphatic carbocycles. The third-order valence-electron chi connectivity index (χ3n) is 4.99. The van der Waals surface area contributed by atoms with Crippen LogP contribution >= 0.6 is 23.2 Å². The van der Waals surface area contributed by atoms with E-state index in [-0.39, 0.29) is 12.2 Å². The molecular formula is C27H24Cl2N2O3. The molecule has 0 unspecified atom stereocenters. The zero-order valence-electron chi connectivity index (χ0n) is 18.9. The second kappa shape index (κ2) is 12.1. The lowest BCUT2D eigenvalue weighted by molar-refractivity contribution is -0.112. The highest BCUT2D eigenvalue weighted by atomic mass is 35.5. The van der Waals surface area contributed by atoms with E-state index in [4.69, 9.17) is 32.7 Å². The van der Waals surface area contributed by atoms with Crippen molar-refractivity contribution in [1.82, 2.24) is 0 Å². The van der Waals surface area contributed by atoms with Crippen molar-refractivity contribution in [2.45, 2.75) is 26.9 Å². The van der Waals surface area contributed by atoms with Gasteiger partial charge in [-0.2, -0.15) is 5.26 Å². The van der Waals surface area contributed by atoms with E-state index in [0.29, 0.717) is 39.4 Å². The topological polar surface area (TPSA) is 71.3 Å². The highest BCUT2D eigenvalue weighted by Gasteiger charge is 2.13. The van der Waals surface area contributed by atoms with Crippen LogP contribution in [0.2, 0.25) is 10.0 Å². The Kier molecular flexibility index (Phi) is 8.98. The van der Waals surface area contributed by atoms with Crippen molar-refractivity contribution >= 4 is 40.9 Å². The van der Waals surface area contributed by atoms with Crippen molar-refractivity contribution in [2.75, 3.05) is 11.9 Å². The average Bonchev–Trinajstić information content (AvgIpc) is 2.83. The number of rotatable bonds is 9. The van der Waals surface area contributed by atoms with Crippen molar-refractivity contribution in [3.63, 3.8) is 0 Å². The first-order chi connectivity index (χ1) is 16.4. The lowest BCUT2D eigenvalue weighted by Crippen LogP contribution is -2.14. The van der Waals surface area contributed by atoms with Crippen molar-refractivity contribution in [3.05, 3.63) is 93.0 Å². The summed E-state index contributed by atoms with van der Waals surface area (Å²) < 4.78 is 11.6. The van der Waals surface area contributed by atoms with Crippen LogP contribution < -0.4 is 14.8 Å². The summed E-state index contributed by atoms with van der Waals surface area (Å²) in [5.41, 5.74) is 3.09. The first kappa shape index (κ1) is 25.2. The molecule has 1 amide bonds. The van der Waals surface area contributed by atoms with Crippen LogP contribution in [0.3, 0.4) is 0 Å². The van der Waals surface area contributed by atoms with Gasteiger partial charge in [0.1, 0.15) is 18.2 Å². The molecule has 3 aromatic carbocycles. The lowest BCUT2D eigenvalue weighted by atomic mass is 10.1. The van der Waals surface area contributed by atoms with E-state index in [1.807, 2.05) is 44.2 Å². The normalized spacial score (nSPS) is 11.0. The Morgan fingerprint density at radius 1 is 1.00 bits per heavy atom. The van der Waals surface area contributed by atoms with Crippen LogP contribution in [0.5, 0.6) is 11.5 Å². The van der Waals surface area contributed by atoms with Crippen molar-refractivity contribution < 1.29 is 14.3 Å². The standard InChI is InChI=1S/C27H24Cl2N2O3/c1-3-19-7-5-6-8-24(19)31-27(32)21(16-30)13-18-9-12-25(26(14-18)33-4-2)34-17-20-10-11-22(28)15-23(20)29/h5-15H,3-4,17H2,1-2H3,(H,31,32)/b21-13+. The monoisotopic (exact) mass is 494 g/mol. The third kappa shape index (κ3) is 6.54. The molecule has 5 nitrogen and oxygen atoms in total. The summed E-state index contributed by atoms with van der Waals surface area (Å²) in [7, 11) is 0. The summed E-state index contributed by atoms with van der Waals surface area (Å²) >= 11 is 12.2. The van der Waals surface area contributed by atoms with Crippen LogP contribution in [0.1, 0.15) is 30.5 Å². The fourth-order valence-electron chi connectivity index (χ4n) is 3.25. The average molecular weight is 495 g/mol. The number of aryl methyl sites for hydroxylation is 1. The highest BCUT2D eigenvalue weighted by molar-refractivity contribution is 6.35. The van der Waals surface area contributed by atoms with E-state index in [9.17, 15) is 10.1 Å². The predicted octanol–water partition coefficient (Wildman–Crippen LogP) is 7.08. The summed E-state index contributed by atoms with van der Waals surface area (Å²) in [5.74, 6) is 0.541. The summed E-state index contributed by atoms with van der Waals surface area (Å²) in [6, 6.07) is 19.9. The van der Waals surface area contributed by atoms with Crippen LogP contribution in [0, 0.1) is 11.3 Å². The molecule has 0 bridgehead atoms. The fourth-order valence-corrected chi connectivity index (χ4v) is 3.71. The smallest absolute Gasteiger partial charge is 0.266 e. The van der Waals surface area contributed by atoms with Gasteiger partial charge in [-0.25, -0.2) is 0 Å². The van der Waals surface area contributed by atoms with Gasteiger partial charge in [0, 0.05) is 21.3 Å². The van der Waals surface area contributed by atoms with Gasteiger partial charge in [0.2, 0.25) is 0 Å². The number of halogens is 2. The molecule has 0 spiro atoms. The molecule has 0 aliphatic heterocycles. The molecule has 3 aromatic rings. The number of benzene rings is 3. The second-order valence-corrected chi connectivity index (χ2v) is 8.14. The molecule has 0 aromatic heterocycles. The Morgan fingerprint density at radius 2 is 1.79 bits per heavy atom. The SMILES string of the molecule is CCOc1cc(/C=C(\C#N)C(=O)Nc2ccccc2CC)ccc1OCc1ccc(Cl)cc1Cl. The Labute approximate surface area is 209 Å². The molecule has 7 heteroatoms. The Morgan fingerprint density at radius 3 is 2.50 bits per heavy atom. The Hall–Kier alpha value is -3.46. The number of ether oxygens (including phenoxy) is 2. The number of amides is 1. The van der Waals surface area contributed by atoms with Crippen LogP contribution in [-0.4, -0.2) is 12.5 Å². The summed E-state index contributed by atoms with van der Waals surface area (Å²) in [5, 5.41) is 13.5. The van der Waals surface area contributed by atoms with Crippen molar-refractivity contribution in [1.29, 1.82) is 5.26 Å². The molecular weight excluding hydrogens is 471 g/mol. The maximum Gasteiger partial charge on any atom is 0.266 e. The van der Waals surface area contributed by atoms with Crippen LogP contribution in [0.25, 0.3) is 6.08 Å². The van der Waals surface area contributed by atoms with Gasteiger partial charge in [-0.15, -0.1) is 0 Å². The molecule has 0 fully saturated rings. The number of hydrogen-bond donors (Lipinski definition) is 1.